The standard InChI is InChI=1S/C33H35Cl2FN4O3/c1-31(2)28-26(14-21(35)16-37-28)25-9-4-20(34)15-27(25)40(29(31)41)24-7-5-23(6-8-24)39-18-33(36,19-39)17-38-22-10-12-32(3,13-11-22)30(42)43/h4-9,14-16,22,38H,10-13,17-19H2,1-3H3,(H,42,43). The van der Waals surface area contributed by atoms with Crippen LogP contribution in [0.15, 0.2) is 54.7 Å². The molecule has 0 unspecified atom stereocenters. The number of carboxylic acids is 1. The molecular formula is C33H35Cl2FN4O3. The van der Waals surface area contributed by atoms with Gasteiger partial charge in [-0.2, -0.15) is 0 Å². The maximum atomic E-state index is 15.5. The molecule has 2 fully saturated rings. The van der Waals surface area contributed by atoms with Crippen LogP contribution in [-0.2, 0) is 15.0 Å². The molecule has 1 saturated heterocycles. The topological polar surface area (TPSA) is 85.8 Å². The largest absolute Gasteiger partial charge is 0.481 e. The Balaban J connectivity index is 1.17. The van der Waals surface area contributed by atoms with Crippen molar-refractivity contribution in [2.24, 2.45) is 5.41 Å². The van der Waals surface area contributed by atoms with Crippen LogP contribution in [0.4, 0.5) is 21.5 Å². The van der Waals surface area contributed by atoms with Crippen LogP contribution in [-0.4, -0.2) is 53.3 Å². The van der Waals surface area contributed by atoms with E-state index in [4.69, 9.17) is 23.2 Å². The fraction of sp³-hybridized carbons (Fsp3) is 0.424. The molecule has 2 aromatic carbocycles. The SMILES string of the molecule is CC1(C(=O)O)CCC(NCC2(F)CN(c3ccc(N4C(=O)C(C)(C)c5ncc(Cl)cc5-c5ccc(Cl)cc54)cc3)C2)CC1. The Hall–Kier alpha value is -3.20. The lowest BCUT2D eigenvalue weighted by molar-refractivity contribution is -0.150. The number of aromatic nitrogens is 1. The highest BCUT2D eigenvalue weighted by Crippen LogP contribution is 2.47. The molecule has 43 heavy (non-hydrogen) atoms. The zero-order valence-electron chi connectivity index (χ0n) is 24.5. The van der Waals surface area contributed by atoms with Crippen LogP contribution >= 0.6 is 23.2 Å². The van der Waals surface area contributed by atoms with E-state index < -0.39 is 22.5 Å². The van der Waals surface area contributed by atoms with Gasteiger partial charge in [-0.05, 0) is 88.9 Å². The van der Waals surface area contributed by atoms with Crippen molar-refractivity contribution in [2.45, 2.75) is 63.6 Å². The Kier molecular flexibility index (Phi) is 7.47. The predicted molar refractivity (Wildman–Crippen MR) is 168 cm³/mol. The van der Waals surface area contributed by atoms with E-state index in [2.05, 4.69) is 10.3 Å². The van der Waals surface area contributed by atoms with Gasteiger partial charge in [-0.3, -0.25) is 19.5 Å². The smallest absolute Gasteiger partial charge is 0.309 e. The van der Waals surface area contributed by atoms with E-state index in [1.165, 1.54) is 0 Å². The molecule has 1 saturated carbocycles. The number of amides is 1. The van der Waals surface area contributed by atoms with Crippen LogP contribution in [0.5, 0.6) is 0 Å². The number of hydrogen-bond acceptors (Lipinski definition) is 5. The predicted octanol–water partition coefficient (Wildman–Crippen LogP) is 7.16. The number of aliphatic carboxylic acids is 1. The van der Waals surface area contributed by atoms with Crippen LogP contribution in [0.3, 0.4) is 0 Å². The van der Waals surface area contributed by atoms with Crippen molar-refractivity contribution in [3.05, 3.63) is 70.5 Å². The second kappa shape index (κ2) is 10.8. The van der Waals surface area contributed by atoms with Gasteiger partial charge in [-0.15, -0.1) is 0 Å². The van der Waals surface area contributed by atoms with Gasteiger partial charge in [0.15, 0.2) is 5.67 Å². The number of benzene rings is 2. The number of carboxylic acid groups (broad SMARTS) is 1. The zero-order chi connectivity index (χ0) is 30.7. The summed E-state index contributed by atoms with van der Waals surface area (Å²) in [6, 6.07) is 15.0. The van der Waals surface area contributed by atoms with E-state index in [-0.39, 0.29) is 31.6 Å². The van der Waals surface area contributed by atoms with Crippen molar-refractivity contribution < 1.29 is 19.1 Å². The van der Waals surface area contributed by atoms with Gasteiger partial charge in [0.1, 0.15) is 0 Å². The van der Waals surface area contributed by atoms with Crippen molar-refractivity contribution in [1.29, 1.82) is 0 Å². The minimum atomic E-state index is -1.35. The molecule has 3 heterocycles. The number of halogens is 3. The molecule has 1 aromatic heterocycles. The van der Waals surface area contributed by atoms with Crippen molar-refractivity contribution >= 4 is 52.1 Å². The fourth-order valence-electron chi connectivity index (χ4n) is 6.55. The van der Waals surface area contributed by atoms with Crippen LogP contribution in [0.25, 0.3) is 11.1 Å². The number of alkyl halides is 1. The molecule has 7 nitrogen and oxygen atoms in total. The number of rotatable bonds is 6. The number of nitrogens with zero attached hydrogens (tertiary/aromatic N) is 3. The summed E-state index contributed by atoms with van der Waals surface area (Å²) in [6.07, 6.45) is 4.23. The number of anilines is 3. The highest BCUT2D eigenvalue weighted by molar-refractivity contribution is 6.32. The van der Waals surface area contributed by atoms with E-state index in [1.54, 1.807) is 30.2 Å². The second-order valence-electron chi connectivity index (χ2n) is 13.0. The Morgan fingerprint density at radius 1 is 1.00 bits per heavy atom. The number of pyridine rings is 1. The summed E-state index contributed by atoms with van der Waals surface area (Å²) in [6.45, 7) is 6.27. The van der Waals surface area contributed by atoms with Gasteiger partial charge in [0.25, 0.3) is 0 Å². The number of carbonyl (C=O) groups is 2. The minimum absolute atomic E-state index is 0.137. The molecule has 3 aliphatic rings. The third kappa shape index (κ3) is 5.38. The second-order valence-corrected chi connectivity index (χ2v) is 13.9. The molecule has 2 aliphatic heterocycles. The molecule has 226 valence electrons. The first-order chi connectivity index (χ1) is 20.3. The summed E-state index contributed by atoms with van der Waals surface area (Å²) in [5.41, 5.74) is 1.43. The lowest BCUT2D eigenvalue weighted by Crippen LogP contribution is -2.64. The molecule has 10 heteroatoms. The molecule has 2 N–H and O–H groups in total. The molecule has 0 bridgehead atoms. The van der Waals surface area contributed by atoms with Crippen LogP contribution in [0.1, 0.15) is 52.1 Å². The monoisotopic (exact) mass is 624 g/mol. The van der Waals surface area contributed by atoms with Crippen molar-refractivity contribution in [3.63, 3.8) is 0 Å². The lowest BCUT2D eigenvalue weighted by atomic mass is 9.74. The van der Waals surface area contributed by atoms with Gasteiger partial charge < -0.3 is 15.3 Å². The van der Waals surface area contributed by atoms with E-state index >= 15 is 4.39 Å². The molecular weight excluding hydrogens is 590 g/mol. The quantitative estimate of drug-likeness (QED) is 0.303. The third-order valence-electron chi connectivity index (χ3n) is 9.41. The summed E-state index contributed by atoms with van der Waals surface area (Å²) >= 11 is 12.8. The first-order valence-corrected chi connectivity index (χ1v) is 15.4. The van der Waals surface area contributed by atoms with Gasteiger partial charge in [0.05, 0.1) is 40.3 Å². The first-order valence-electron chi connectivity index (χ1n) is 14.6. The van der Waals surface area contributed by atoms with Crippen molar-refractivity contribution in [1.82, 2.24) is 10.3 Å². The van der Waals surface area contributed by atoms with Gasteiger partial charge in [-0.1, -0.05) is 29.3 Å². The summed E-state index contributed by atoms with van der Waals surface area (Å²) in [5, 5.41) is 13.8. The first kappa shape index (κ1) is 29.9. The average molecular weight is 626 g/mol. The van der Waals surface area contributed by atoms with Crippen molar-refractivity contribution in [2.75, 3.05) is 29.4 Å². The molecule has 6 rings (SSSR count). The molecule has 0 atom stereocenters. The summed E-state index contributed by atoms with van der Waals surface area (Å²) < 4.78 is 15.5. The highest BCUT2D eigenvalue weighted by Gasteiger charge is 2.45. The summed E-state index contributed by atoms with van der Waals surface area (Å²) in [4.78, 5) is 33.9. The maximum absolute atomic E-state index is 15.5. The summed E-state index contributed by atoms with van der Waals surface area (Å²) in [5.74, 6) is -0.904. The van der Waals surface area contributed by atoms with Crippen molar-refractivity contribution in [3.8, 4) is 11.1 Å². The Morgan fingerprint density at radius 3 is 2.30 bits per heavy atom. The van der Waals surface area contributed by atoms with Gasteiger partial charge >= 0.3 is 5.97 Å². The number of nitrogens with one attached hydrogen (secondary N) is 1. The molecule has 0 radical (unpaired) electrons. The Morgan fingerprint density at radius 2 is 1.65 bits per heavy atom. The van der Waals surface area contributed by atoms with Gasteiger partial charge in [-0.25, -0.2) is 4.39 Å². The van der Waals surface area contributed by atoms with E-state index in [1.807, 2.05) is 55.1 Å². The van der Waals surface area contributed by atoms with Crippen LogP contribution < -0.4 is 15.1 Å². The van der Waals surface area contributed by atoms with E-state index in [9.17, 15) is 14.7 Å². The molecule has 1 aliphatic carbocycles. The van der Waals surface area contributed by atoms with E-state index in [0.717, 1.165) is 29.7 Å². The van der Waals surface area contributed by atoms with Crippen LogP contribution in [0.2, 0.25) is 10.0 Å². The number of carbonyl (C=O) groups excluding carboxylic acids is 1. The maximum Gasteiger partial charge on any atom is 0.309 e. The Labute approximate surface area is 261 Å². The van der Waals surface area contributed by atoms with Crippen LogP contribution in [0, 0.1) is 5.41 Å². The van der Waals surface area contributed by atoms with Gasteiger partial charge in [0.2, 0.25) is 5.91 Å². The third-order valence-corrected chi connectivity index (χ3v) is 9.85. The fourth-order valence-corrected chi connectivity index (χ4v) is 6.88. The highest BCUT2D eigenvalue weighted by atomic mass is 35.5. The zero-order valence-corrected chi connectivity index (χ0v) is 26.0. The normalized spacial score (nSPS) is 24.0. The number of fused-ring (bicyclic) bond motifs is 3. The number of hydrogen-bond donors (Lipinski definition) is 2. The minimum Gasteiger partial charge on any atom is -0.481 e. The molecule has 3 aromatic rings. The Bertz CT molecular complexity index is 1580. The molecule has 0 spiro atoms. The summed E-state index contributed by atoms with van der Waals surface area (Å²) in [7, 11) is 0. The van der Waals surface area contributed by atoms with Gasteiger partial charge in [0, 0.05) is 46.3 Å². The average Bonchev–Trinajstić information content (AvgIpc) is 3.02. The van der Waals surface area contributed by atoms with E-state index in [0.29, 0.717) is 40.0 Å². The molecule has 1 amide bonds. The lowest BCUT2D eigenvalue weighted by Gasteiger charge is -2.47.